The number of rotatable bonds is 2. The first-order valence-electron chi connectivity index (χ1n) is 6.21. The van der Waals surface area contributed by atoms with Gasteiger partial charge in [0.15, 0.2) is 0 Å². The predicted octanol–water partition coefficient (Wildman–Crippen LogP) is 3.43. The van der Waals surface area contributed by atoms with Crippen LogP contribution in [0.2, 0.25) is 5.02 Å². The molecule has 1 aromatic carbocycles. The fraction of sp³-hybridized carbons (Fsp3) is 0.385. The minimum absolute atomic E-state index is 0.229. The van der Waals surface area contributed by atoms with E-state index in [1.807, 2.05) is 0 Å². The number of carbonyl (C=O) groups is 2. The molecule has 108 valence electrons. The maximum Gasteiger partial charge on any atom is 0.321 e. The Labute approximate surface area is 130 Å². The van der Waals surface area contributed by atoms with Crippen LogP contribution in [0.1, 0.15) is 12.8 Å². The SMILES string of the molecule is O=C(O)C1CCN(C(=O)Nc2ccc(Br)c(Cl)c2)CC1. The molecule has 1 aliphatic heterocycles. The standard InChI is InChI=1S/C13H14BrClN2O3/c14-10-2-1-9(7-11(10)15)16-13(20)17-5-3-8(4-6-17)12(18)19/h1-2,7-8H,3-6H2,(H,16,20)(H,18,19). The lowest BCUT2D eigenvalue weighted by molar-refractivity contribution is -0.143. The lowest BCUT2D eigenvalue weighted by atomic mass is 9.97. The molecule has 1 fully saturated rings. The van der Waals surface area contributed by atoms with Crippen molar-refractivity contribution in [3.05, 3.63) is 27.7 Å². The third-order valence-corrected chi connectivity index (χ3v) is 4.53. The average molecular weight is 362 g/mol. The molecule has 5 nitrogen and oxygen atoms in total. The van der Waals surface area contributed by atoms with E-state index in [1.54, 1.807) is 23.1 Å². The number of nitrogens with one attached hydrogen (secondary N) is 1. The van der Waals surface area contributed by atoms with E-state index in [0.717, 1.165) is 4.47 Å². The van der Waals surface area contributed by atoms with Crippen molar-refractivity contribution in [3.63, 3.8) is 0 Å². The summed E-state index contributed by atoms with van der Waals surface area (Å²) in [6.07, 6.45) is 0.980. The first kappa shape index (κ1) is 15.1. The number of carboxylic acid groups (broad SMARTS) is 1. The second kappa shape index (κ2) is 6.45. The summed E-state index contributed by atoms with van der Waals surface area (Å²) in [6.45, 7) is 0.903. The van der Waals surface area contributed by atoms with E-state index in [-0.39, 0.29) is 11.9 Å². The van der Waals surface area contributed by atoms with Crippen LogP contribution in [0.4, 0.5) is 10.5 Å². The predicted molar refractivity (Wildman–Crippen MR) is 80.1 cm³/mol. The highest BCUT2D eigenvalue weighted by molar-refractivity contribution is 9.10. The van der Waals surface area contributed by atoms with Gasteiger partial charge in [-0.2, -0.15) is 0 Å². The molecule has 0 bridgehead atoms. The van der Waals surface area contributed by atoms with Gasteiger partial charge in [0.05, 0.1) is 10.9 Å². The molecule has 2 N–H and O–H groups in total. The fourth-order valence-electron chi connectivity index (χ4n) is 2.11. The second-order valence-electron chi connectivity index (χ2n) is 4.66. The third kappa shape index (κ3) is 3.64. The first-order valence-corrected chi connectivity index (χ1v) is 7.38. The molecular weight excluding hydrogens is 348 g/mol. The Hall–Kier alpha value is -1.27. The number of benzene rings is 1. The summed E-state index contributed by atoms with van der Waals surface area (Å²) < 4.78 is 0.763. The van der Waals surface area contributed by atoms with E-state index in [9.17, 15) is 9.59 Å². The number of nitrogens with zero attached hydrogens (tertiary/aromatic N) is 1. The van der Waals surface area contributed by atoms with Gasteiger partial charge in [-0.25, -0.2) is 4.79 Å². The Morgan fingerprint density at radius 3 is 2.55 bits per heavy atom. The van der Waals surface area contributed by atoms with Crippen LogP contribution in [0, 0.1) is 5.92 Å². The van der Waals surface area contributed by atoms with Gasteiger partial charge in [0.1, 0.15) is 0 Å². The van der Waals surface area contributed by atoms with E-state index < -0.39 is 5.97 Å². The summed E-state index contributed by atoms with van der Waals surface area (Å²) in [5.41, 5.74) is 0.614. The molecule has 1 aliphatic rings. The summed E-state index contributed by atoms with van der Waals surface area (Å²) in [6, 6.07) is 4.94. The number of aliphatic carboxylic acids is 1. The molecule has 7 heteroatoms. The van der Waals surface area contributed by atoms with Gasteiger partial charge < -0.3 is 15.3 Å². The maximum absolute atomic E-state index is 12.1. The van der Waals surface area contributed by atoms with Crippen LogP contribution < -0.4 is 5.32 Å². The number of hydrogen-bond acceptors (Lipinski definition) is 2. The number of amides is 2. The minimum atomic E-state index is -0.787. The number of urea groups is 1. The molecular formula is C13H14BrClN2O3. The zero-order valence-electron chi connectivity index (χ0n) is 10.6. The van der Waals surface area contributed by atoms with E-state index >= 15 is 0 Å². The van der Waals surface area contributed by atoms with Crippen LogP contribution in [-0.4, -0.2) is 35.1 Å². The molecule has 1 heterocycles. The Bertz CT molecular complexity index is 530. The molecule has 0 aliphatic carbocycles. The van der Waals surface area contributed by atoms with E-state index in [1.165, 1.54) is 0 Å². The number of carboxylic acids is 1. The van der Waals surface area contributed by atoms with Crippen LogP contribution in [0.15, 0.2) is 22.7 Å². The summed E-state index contributed by atoms with van der Waals surface area (Å²) in [5.74, 6) is -1.13. The van der Waals surface area contributed by atoms with Crippen molar-refractivity contribution in [2.45, 2.75) is 12.8 Å². The molecule has 0 unspecified atom stereocenters. The van der Waals surface area contributed by atoms with E-state index in [4.69, 9.17) is 16.7 Å². The molecule has 2 rings (SSSR count). The van der Waals surface area contributed by atoms with Crippen molar-refractivity contribution in [2.75, 3.05) is 18.4 Å². The van der Waals surface area contributed by atoms with Crippen molar-refractivity contribution in [3.8, 4) is 0 Å². The van der Waals surface area contributed by atoms with E-state index in [0.29, 0.717) is 36.6 Å². The molecule has 20 heavy (non-hydrogen) atoms. The number of piperidine rings is 1. The highest BCUT2D eigenvalue weighted by atomic mass is 79.9. The number of anilines is 1. The fourth-order valence-corrected chi connectivity index (χ4v) is 2.53. The largest absolute Gasteiger partial charge is 0.481 e. The molecule has 1 saturated heterocycles. The number of halogens is 2. The molecule has 0 atom stereocenters. The number of hydrogen-bond donors (Lipinski definition) is 2. The first-order chi connectivity index (χ1) is 9.47. The van der Waals surface area contributed by atoms with Gasteiger partial charge in [-0.1, -0.05) is 11.6 Å². The van der Waals surface area contributed by atoms with Crippen LogP contribution in [0.3, 0.4) is 0 Å². The summed E-state index contributed by atoms with van der Waals surface area (Å²) in [4.78, 5) is 24.5. The Morgan fingerprint density at radius 1 is 1.35 bits per heavy atom. The van der Waals surface area contributed by atoms with Gasteiger partial charge in [-0.15, -0.1) is 0 Å². The third-order valence-electron chi connectivity index (χ3n) is 3.30. The zero-order chi connectivity index (χ0) is 14.7. The second-order valence-corrected chi connectivity index (χ2v) is 5.92. The topological polar surface area (TPSA) is 69.6 Å². The maximum atomic E-state index is 12.1. The van der Waals surface area contributed by atoms with Gasteiger partial charge in [-0.3, -0.25) is 4.79 Å². The summed E-state index contributed by atoms with van der Waals surface area (Å²) in [5, 5.41) is 12.2. The smallest absolute Gasteiger partial charge is 0.321 e. The van der Waals surface area contributed by atoms with Crippen molar-refractivity contribution in [1.82, 2.24) is 4.90 Å². The monoisotopic (exact) mass is 360 g/mol. The zero-order valence-corrected chi connectivity index (χ0v) is 12.9. The Balaban J connectivity index is 1.92. The Kier molecular flexibility index (Phi) is 4.88. The molecule has 0 radical (unpaired) electrons. The number of carbonyl (C=O) groups excluding carboxylic acids is 1. The molecule has 2 amide bonds. The summed E-state index contributed by atoms with van der Waals surface area (Å²) >= 11 is 9.24. The quantitative estimate of drug-likeness (QED) is 0.848. The number of likely N-dealkylation sites (tertiary alicyclic amines) is 1. The van der Waals surface area contributed by atoms with Crippen molar-refractivity contribution < 1.29 is 14.7 Å². The van der Waals surface area contributed by atoms with Crippen LogP contribution >= 0.6 is 27.5 Å². The average Bonchev–Trinajstić information content (AvgIpc) is 2.43. The summed E-state index contributed by atoms with van der Waals surface area (Å²) in [7, 11) is 0. The minimum Gasteiger partial charge on any atom is -0.481 e. The van der Waals surface area contributed by atoms with Gasteiger partial charge in [0.2, 0.25) is 0 Å². The van der Waals surface area contributed by atoms with Gasteiger partial charge in [0.25, 0.3) is 0 Å². The van der Waals surface area contributed by atoms with Crippen molar-refractivity contribution in [2.24, 2.45) is 5.92 Å². The molecule has 0 spiro atoms. The highest BCUT2D eigenvalue weighted by Crippen LogP contribution is 2.26. The van der Waals surface area contributed by atoms with E-state index in [2.05, 4.69) is 21.2 Å². The normalized spacial score (nSPS) is 16.0. The Morgan fingerprint density at radius 2 is 2.00 bits per heavy atom. The van der Waals surface area contributed by atoms with Gasteiger partial charge in [-0.05, 0) is 47.0 Å². The van der Waals surface area contributed by atoms with Gasteiger partial charge >= 0.3 is 12.0 Å². The molecule has 0 aromatic heterocycles. The van der Waals surface area contributed by atoms with Crippen LogP contribution in [-0.2, 0) is 4.79 Å². The van der Waals surface area contributed by atoms with Crippen LogP contribution in [0.5, 0.6) is 0 Å². The van der Waals surface area contributed by atoms with Crippen molar-refractivity contribution in [1.29, 1.82) is 0 Å². The van der Waals surface area contributed by atoms with Gasteiger partial charge in [0, 0.05) is 23.2 Å². The highest BCUT2D eigenvalue weighted by Gasteiger charge is 2.26. The molecule has 1 aromatic rings. The lowest BCUT2D eigenvalue weighted by Crippen LogP contribution is -2.42. The molecule has 0 saturated carbocycles. The lowest BCUT2D eigenvalue weighted by Gasteiger charge is -2.30. The van der Waals surface area contributed by atoms with Crippen LogP contribution in [0.25, 0.3) is 0 Å². The van der Waals surface area contributed by atoms with Crippen molar-refractivity contribution >= 4 is 45.2 Å².